The maximum atomic E-state index is 11.6. The molecular formula is C13H19BrN2O3. The van der Waals surface area contributed by atoms with E-state index in [0.717, 1.165) is 6.42 Å². The Bertz CT molecular complexity index is 429. The molecule has 0 fully saturated rings. The summed E-state index contributed by atoms with van der Waals surface area (Å²) in [5.74, 6) is 0.423. The van der Waals surface area contributed by atoms with Crippen LogP contribution >= 0.6 is 15.9 Å². The lowest BCUT2D eigenvalue weighted by Crippen LogP contribution is -2.31. The first-order valence-corrected chi connectivity index (χ1v) is 7.08. The molecule has 0 saturated carbocycles. The molecule has 2 N–H and O–H groups in total. The Morgan fingerprint density at radius 1 is 1.26 bits per heavy atom. The van der Waals surface area contributed by atoms with Crippen LogP contribution in [0.4, 0.5) is 0 Å². The van der Waals surface area contributed by atoms with Crippen LogP contribution < -0.4 is 10.6 Å². The van der Waals surface area contributed by atoms with Crippen LogP contribution in [0.25, 0.3) is 0 Å². The number of carbonyl (C=O) groups is 2. The van der Waals surface area contributed by atoms with Gasteiger partial charge >= 0.3 is 0 Å². The molecule has 1 aromatic heterocycles. The summed E-state index contributed by atoms with van der Waals surface area (Å²) < 4.78 is 5.60. The zero-order chi connectivity index (χ0) is 14.3. The van der Waals surface area contributed by atoms with Crippen LogP contribution in [0.1, 0.15) is 37.2 Å². The van der Waals surface area contributed by atoms with E-state index in [2.05, 4.69) is 40.4 Å². The quantitative estimate of drug-likeness (QED) is 0.805. The smallest absolute Gasteiger partial charge is 0.287 e. The molecule has 0 saturated heterocycles. The second-order valence-electron chi connectivity index (χ2n) is 4.64. The lowest BCUT2D eigenvalue weighted by atomic mass is 10.1. The maximum absolute atomic E-state index is 11.6. The van der Waals surface area contributed by atoms with Crippen LogP contribution in [0, 0.1) is 5.92 Å². The third kappa shape index (κ3) is 6.42. The SMILES string of the molecule is CC(C)CCNC(=O)CCNC(=O)c1ccc(Br)o1. The molecule has 5 nitrogen and oxygen atoms in total. The molecule has 0 spiro atoms. The van der Waals surface area contributed by atoms with Crippen molar-refractivity contribution in [2.24, 2.45) is 5.92 Å². The molecule has 1 heterocycles. The summed E-state index contributed by atoms with van der Waals surface area (Å²) in [4.78, 5) is 23.0. The van der Waals surface area contributed by atoms with E-state index in [1.807, 2.05) is 0 Å². The summed E-state index contributed by atoms with van der Waals surface area (Å²) >= 11 is 3.12. The molecule has 0 aliphatic rings. The lowest BCUT2D eigenvalue weighted by Gasteiger charge is -2.07. The van der Waals surface area contributed by atoms with E-state index in [9.17, 15) is 9.59 Å². The Morgan fingerprint density at radius 3 is 2.58 bits per heavy atom. The highest BCUT2D eigenvalue weighted by Gasteiger charge is 2.10. The number of nitrogens with one attached hydrogen (secondary N) is 2. The van der Waals surface area contributed by atoms with Crippen molar-refractivity contribution in [3.8, 4) is 0 Å². The average Bonchev–Trinajstić information content (AvgIpc) is 2.75. The van der Waals surface area contributed by atoms with Crippen molar-refractivity contribution < 1.29 is 14.0 Å². The molecule has 2 amide bonds. The van der Waals surface area contributed by atoms with E-state index in [1.54, 1.807) is 12.1 Å². The Kier molecular flexibility index (Phi) is 6.62. The fourth-order valence-electron chi connectivity index (χ4n) is 1.40. The first kappa shape index (κ1) is 15.8. The lowest BCUT2D eigenvalue weighted by molar-refractivity contribution is -0.120. The van der Waals surface area contributed by atoms with E-state index in [1.165, 1.54) is 0 Å². The molecular weight excluding hydrogens is 312 g/mol. The van der Waals surface area contributed by atoms with Crippen LogP contribution in [0.2, 0.25) is 0 Å². The van der Waals surface area contributed by atoms with Crippen LogP contribution in [0.5, 0.6) is 0 Å². The number of halogens is 1. The summed E-state index contributed by atoms with van der Waals surface area (Å²) in [5.41, 5.74) is 0. The van der Waals surface area contributed by atoms with E-state index < -0.39 is 0 Å². The number of hydrogen-bond acceptors (Lipinski definition) is 3. The molecule has 1 aromatic rings. The average molecular weight is 331 g/mol. The Morgan fingerprint density at radius 2 is 2.00 bits per heavy atom. The predicted octanol–water partition coefficient (Wildman–Crippen LogP) is 2.32. The molecule has 19 heavy (non-hydrogen) atoms. The highest BCUT2D eigenvalue weighted by molar-refractivity contribution is 9.10. The molecule has 0 atom stereocenters. The van der Waals surface area contributed by atoms with Crippen LogP contribution in [0.15, 0.2) is 21.2 Å². The first-order chi connectivity index (χ1) is 8.99. The predicted molar refractivity (Wildman–Crippen MR) is 75.8 cm³/mol. The van der Waals surface area contributed by atoms with E-state index in [0.29, 0.717) is 23.7 Å². The molecule has 0 aromatic carbocycles. The fraction of sp³-hybridized carbons (Fsp3) is 0.538. The van der Waals surface area contributed by atoms with Crippen LogP contribution in [-0.2, 0) is 4.79 Å². The second kappa shape index (κ2) is 7.99. The molecule has 1 rings (SSSR count). The van der Waals surface area contributed by atoms with Crippen molar-refractivity contribution in [1.82, 2.24) is 10.6 Å². The zero-order valence-corrected chi connectivity index (χ0v) is 12.7. The number of amides is 2. The van der Waals surface area contributed by atoms with Gasteiger partial charge in [-0.1, -0.05) is 13.8 Å². The minimum absolute atomic E-state index is 0.0541. The molecule has 0 radical (unpaired) electrons. The largest absolute Gasteiger partial charge is 0.444 e. The standard InChI is InChI=1S/C13H19BrN2O3/c1-9(2)5-7-15-12(17)6-8-16-13(18)10-3-4-11(14)19-10/h3-4,9H,5-8H2,1-2H3,(H,15,17)(H,16,18). The number of rotatable bonds is 7. The highest BCUT2D eigenvalue weighted by atomic mass is 79.9. The molecule has 0 bridgehead atoms. The summed E-state index contributed by atoms with van der Waals surface area (Å²) in [6, 6.07) is 3.22. The van der Waals surface area contributed by atoms with Crippen molar-refractivity contribution in [3.05, 3.63) is 22.6 Å². The number of carbonyl (C=O) groups excluding carboxylic acids is 2. The second-order valence-corrected chi connectivity index (χ2v) is 5.42. The van der Waals surface area contributed by atoms with Crippen LogP contribution in [-0.4, -0.2) is 24.9 Å². The summed E-state index contributed by atoms with van der Waals surface area (Å²) in [6.07, 6.45) is 1.23. The van der Waals surface area contributed by atoms with Crippen LogP contribution in [0.3, 0.4) is 0 Å². The van der Waals surface area contributed by atoms with Crippen molar-refractivity contribution in [2.45, 2.75) is 26.7 Å². The van der Waals surface area contributed by atoms with Gasteiger partial charge in [0.1, 0.15) is 0 Å². The fourth-order valence-corrected chi connectivity index (χ4v) is 1.71. The maximum Gasteiger partial charge on any atom is 0.287 e. The van der Waals surface area contributed by atoms with Gasteiger partial charge < -0.3 is 15.1 Å². The molecule has 6 heteroatoms. The minimum atomic E-state index is -0.319. The van der Waals surface area contributed by atoms with Crippen molar-refractivity contribution >= 4 is 27.7 Å². The summed E-state index contributed by atoms with van der Waals surface area (Å²) in [7, 11) is 0. The Labute approximate surface area is 121 Å². The highest BCUT2D eigenvalue weighted by Crippen LogP contribution is 2.13. The topological polar surface area (TPSA) is 71.3 Å². The summed E-state index contributed by atoms with van der Waals surface area (Å²) in [5, 5.41) is 5.44. The molecule has 106 valence electrons. The first-order valence-electron chi connectivity index (χ1n) is 6.29. The Balaban J connectivity index is 2.16. The minimum Gasteiger partial charge on any atom is -0.444 e. The third-order valence-corrected chi connectivity index (χ3v) is 2.90. The van der Waals surface area contributed by atoms with Gasteiger partial charge in [0.25, 0.3) is 5.91 Å². The monoisotopic (exact) mass is 330 g/mol. The molecule has 0 unspecified atom stereocenters. The van der Waals surface area contributed by atoms with Gasteiger partial charge in [0, 0.05) is 19.5 Å². The van der Waals surface area contributed by atoms with E-state index in [-0.39, 0.29) is 24.0 Å². The van der Waals surface area contributed by atoms with Gasteiger partial charge in [-0.15, -0.1) is 0 Å². The molecule has 0 aliphatic heterocycles. The zero-order valence-electron chi connectivity index (χ0n) is 11.2. The molecule has 0 aliphatic carbocycles. The normalized spacial score (nSPS) is 10.5. The van der Waals surface area contributed by atoms with Crippen molar-refractivity contribution in [1.29, 1.82) is 0 Å². The van der Waals surface area contributed by atoms with Crippen molar-refractivity contribution in [2.75, 3.05) is 13.1 Å². The third-order valence-electron chi connectivity index (χ3n) is 2.48. The Hall–Kier alpha value is -1.30. The van der Waals surface area contributed by atoms with Gasteiger partial charge in [-0.3, -0.25) is 9.59 Å². The van der Waals surface area contributed by atoms with Gasteiger partial charge in [-0.25, -0.2) is 0 Å². The van der Waals surface area contributed by atoms with Crippen molar-refractivity contribution in [3.63, 3.8) is 0 Å². The summed E-state index contributed by atoms with van der Waals surface area (Å²) in [6.45, 7) is 5.18. The number of furan rings is 1. The van der Waals surface area contributed by atoms with Gasteiger partial charge in [0.2, 0.25) is 5.91 Å². The number of hydrogen-bond donors (Lipinski definition) is 2. The van der Waals surface area contributed by atoms with Gasteiger partial charge in [0.15, 0.2) is 10.4 Å². The van der Waals surface area contributed by atoms with Gasteiger partial charge in [0.05, 0.1) is 0 Å². The van der Waals surface area contributed by atoms with E-state index in [4.69, 9.17) is 4.42 Å². The van der Waals surface area contributed by atoms with E-state index >= 15 is 0 Å². The van der Waals surface area contributed by atoms with Gasteiger partial charge in [-0.05, 0) is 40.4 Å². The van der Waals surface area contributed by atoms with Gasteiger partial charge in [-0.2, -0.15) is 0 Å².